The molecule has 4 rings (SSSR count). The van der Waals surface area contributed by atoms with Crippen molar-refractivity contribution in [2.45, 2.75) is 13.0 Å². The predicted molar refractivity (Wildman–Crippen MR) is 105 cm³/mol. The molecule has 0 saturated carbocycles. The molecule has 0 radical (unpaired) electrons. The maximum Gasteiger partial charge on any atom is 0.167 e. The van der Waals surface area contributed by atoms with Crippen LogP contribution in [0.5, 0.6) is 5.75 Å². The van der Waals surface area contributed by atoms with E-state index in [1.54, 1.807) is 6.07 Å². The zero-order valence-corrected chi connectivity index (χ0v) is 15.4. The van der Waals surface area contributed by atoms with Gasteiger partial charge in [-0.25, -0.2) is 14.4 Å². The quantitative estimate of drug-likeness (QED) is 0.707. The third-order valence-electron chi connectivity index (χ3n) is 5.02. The van der Waals surface area contributed by atoms with E-state index in [9.17, 15) is 4.39 Å². The number of ether oxygens (including phenoxy) is 1. The van der Waals surface area contributed by atoms with E-state index in [0.717, 1.165) is 50.3 Å². The lowest BCUT2D eigenvalue weighted by atomic mass is 10.2. The minimum Gasteiger partial charge on any atom is -0.494 e. The van der Waals surface area contributed by atoms with E-state index < -0.39 is 5.82 Å². The van der Waals surface area contributed by atoms with E-state index in [-0.39, 0.29) is 5.75 Å². The zero-order chi connectivity index (χ0) is 18.6. The lowest BCUT2D eigenvalue weighted by Gasteiger charge is -2.24. The van der Waals surface area contributed by atoms with Crippen molar-refractivity contribution in [3.63, 3.8) is 0 Å². The number of hydrogen-bond donors (Lipinski definition) is 0. The summed E-state index contributed by atoms with van der Waals surface area (Å²) >= 11 is 0. The second-order valence-corrected chi connectivity index (χ2v) is 6.80. The van der Waals surface area contributed by atoms with Gasteiger partial charge in [-0.3, -0.25) is 4.90 Å². The standard InChI is InChI=1S/C21H23FN4O/c1-27-20-12-17-19(13-18(20)22)23-15-24-21(17)26-9-5-8-25(10-11-26)14-16-6-3-2-4-7-16/h2-4,6-7,12-13,15H,5,8-11,14H2,1H3. The molecule has 1 aliphatic rings. The number of methoxy groups -OCH3 is 1. The summed E-state index contributed by atoms with van der Waals surface area (Å²) in [5.41, 5.74) is 1.93. The first kappa shape index (κ1) is 17.7. The van der Waals surface area contributed by atoms with Crippen LogP contribution in [0.25, 0.3) is 10.9 Å². The Bertz CT molecular complexity index is 919. The van der Waals surface area contributed by atoms with Crippen molar-refractivity contribution in [3.05, 3.63) is 60.2 Å². The Morgan fingerprint density at radius 2 is 1.89 bits per heavy atom. The van der Waals surface area contributed by atoms with Crippen LogP contribution in [-0.2, 0) is 6.54 Å². The fourth-order valence-corrected chi connectivity index (χ4v) is 3.63. The number of anilines is 1. The number of rotatable bonds is 4. The maximum absolute atomic E-state index is 14.0. The average molecular weight is 366 g/mol. The van der Waals surface area contributed by atoms with Crippen molar-refractivity contribution >= 4 is 16.7 Å². The number of fused-ring (bicyclic) bond motifs is 1. The van der Waals surface area contributed by atoms with E-state index in [4.69, 9.17) is 4.74 Å². The molecule has 6 heteroatoms. The van der Waals surface area contributed by atoms with E-state index >= 15 is 0 Å². The summed E-state index contributed by atoms with van der Waals surface area (Å²) in [7, 11) is 1.47. The fraction of sp³-hybridized carbons (Fsp3) is 0.333. The molecular weight excluding hydrogens is 343 g/mol. The molecule has 2 heterocycles. The van der Waals surface area contributed by atoms with Crippen LogP contribution in [0, 0.1) is 5.82 Å². The number of hydrogen-bond acceptors (Lipinski definition) is 5. The van der Waals surface area contributed by atoms with Crippen LogP contribution in [0.4, 0.5) is 10.2 Å². The van der Waals surface area contributed by atoms with Crippen molar-refractivity contribution < 1.29 is 9.13 Å². The Balaban J connectivity index is 1.55. The Morgan fingerprint density at radius 3 is 2.70 bits per heavy atom. The van der Waals surface area contributed by atoms with Gasteiger partial charge in [0, 0.05) is 44.2 Å². The number of aromatic nitrogens is 2. The lowest BCUT2D eigenvalue weighted by Crippen LogP contribution is -2.31. The van der Waals surface area contributed by atoms with Gasteiger partial charge in [-0.15, -0.1) is 0 Å². The molecule has 1 aromatic heterocycles. The second kappa shape index (κ2) is 7.88. The largest absolute Gasteiger partial charge is 0.494 e. The molecule has 1 aliphatic heterocycles. The van der Waals surface area contributed by atoms with Gasteiger partial charge in [0.1, 0.15) is 12.1 Å². The number of benzene rings is 2. The summed E-state index contributed by atoms with van der Waals surface area (Å²) in [5.74, 6) is 0.665. The molecule has 0 N–H and O–H groups in total. The maximum atomic E-state index is 14.0. The van der Waals surface area contributed by atoms with Gasteiger partial charge in [0.25, 0.3) is 0 Å². The Hall–Kier alpha value is -2.73. The van der Waals surface area contributed by atoms with Crippen LogP contribution in [0.2, 0.25) is 0 Å². The highest BCUT2D eigenvalue weighted by Gasteiger charge is 2.19. The van der Waals surface area contributed by atoms with Crippen LogP contribution in [0.3, 0.4) is 0 Å². The van der Waals surface area contributed by atoms with Gasteiger partial charge in [0.15, 0.2) is 11.6 Å². The molecule has 0 spiro atoms. The van der Waals surface area contributed by atoms with Crippen molar-refractivity contribution in [2.75, 3.05) is 38.2 Å². The molecule has 1 fully saturated rings. The third kappa shape index (κ3) is 3.85. The Labute approximate surface area is 158 Å². The van der Waals surface area contributed by atoms with Crippen LogP contribution in [0.1, 0.15) is 12.0 Å². The normalized spacial score (nSPS) is 15.7. The molecule has 0 bridgehead atoms. The Morgan fingerprint density at radius 1 is 1.04 bits per heavy atom. The van der Waals surface area contributed by atoms with Gasteiger partial charge in [-0.1, -0.05) is 30.3 Å². The molecular formula is C21H23FN4O. The molecule has 1 saturated heterocycles. The highest BCUT2D eigenvalue weighted by atomic mass is 19.1. The molecule has 0 aliphatic carbocycles. The first-order valence-electron chi connectivity index (χ1n) is 9.24. The molecule has 5 nitrogen and oxygen atoms in total. The summed E-state index contributed by atoms with van der Waals surface area (Å²) in [5, 5.41) is 0.826. The number of halogens is 1. The summed E-state index contributed by atoms with van der Waals surface area (Å²) in [6, 6.07) is 13.7. The van der Waals surface area contributed by atoms with E-state index in [1.807, 2.05) is 6.07 Å². The zero-order valence-electron chi connectivity index (χ0n) is 15.4. The lowest BCUT2D eigenvalue weighted by molar-refractivity contribution is 0.285. The summed E-state index contributed by atoms with van der Waals surface area (Å²) in [6.07, 6.45) is 2.56. The van der Waals surface area contributed by atoms with Crippen molar-refractivity contribution in [2.24, 2.45) is 0 Å². The van der Waals surface area contributed by atoms with Gasteiger partial charge in [0.05, 0.1) is 12.6 Å². The van der Waals surface area contributed by atoms with Crippen LogP contribution < -0.4 is 9.64 Å². The molecule has 3 aromatic rings. The third-order valence-corrected chi connectivity index (χ3v) is 5.02. The van der Waals surface area contributed by atoms with E-state index in [2.05, 4.69) is 44.0 Å². The first-order valence-corrected chi connectivity index (χ1v) is 9.24. The summed E-state index contributed by atoms with van der Waals surface area (Å²) < 4.78 is 19.2. The minimum absolute atomic E-state index is 0.221. The SMILES string of the molecule is COc1cc2c(N3CCCN(Cc4ccccc4)CC3)ncnc2cc1F. The molecule has 2 aromatic carbocycles. The van der Waals surface area contributed by atoms with E-state index in [0.29, 0.717) is 5.52 Å². The average Bonchev–Trinajstić information content (AvgIpc) is 2.93. The van der Waals surface area contributed by atoms with E-state index in [1.165, 1.54) is 25.1 Å². The van der Waals surface area contributed by atoms with Gasteiger partial charge in [-0.2, -0.15) is 0 Å². The van der Waals surface area contributed by atoms with Crippen molar-refractivity contribution in [1.29, 1.82) is 0 Å². The fourth-order valence-electron chi connectivity index (χ4n) is 3.63. The molecule has 0 atom stereocenters. The van der Waals surface area contributed by atoms with Gasteiger partial charge >= 0.3 is 0 Å². The highest BCUT2D eigenvalue weighted by molar-refractivity contribution is 5.90. The Kier molecular flexibility index (Phi) is 5.16. The molecule has 27 heavy (non-hydrogen) atoms. The molecule has 140 valence electrons. The van der Waals surface area contributed by atoms with Crippen LogP contribution in [-0.4, -0.2) is 48.2 Å². The van der Waals surface area contributed by atoms with Gasteiger partial charge < -0.3 is 9.64 Å². The minimum atomic E-state index is -0.403. The second-order valence-electron chi connectivity index (χ2n) is 6.80. The van der Waals surface area contributed by atoms with Crippen molar-refractivity contribution in [1.82, 2.24) is 14.9 Å². The van der Waals surface area contributed by atoms with Crippen LogP contribution >= 0.6 is 0 Å². The summed E-state index contributed by atoms with van der Waals surface area (Å²) in [4.78, 5) is 13.5. The number of nitrogens with zero attached hydrogens (tertiary/aromatic N) is 4. The van der Waals surface area contributed by atoms with Gasteiger partial charge in [-0.05, 0) is 18.1 Å². The van der Waals surface area contributed by atoms with Crippen molar-refractivity contribution in [3.8, 4) is 5.75 Å². The summed E-state index contributed by atoms with van der Waals surface area (Å²) in [6.45, 7) is 4.75. The van der Waals surface area contributed by atoms with Gasteiger partial charge in [0.2, 0.25) is 0 Å². The monoisotopic (exact) mass is 366 g/mol. The smallest absolute Gasteiger partial charge is 0.167 e. The molecule has 0 amide bonds. The molecule has 0 unspecified atom stereocenters. The first-order chi connectivity index (χ1) is 13.2. The topological polar surface area (TPSA) is 41.5 Å². The van der Waals surface area contributed by atoms with Crippen LogP contribution in [0.15, 0.2) is 48.8 Å². The predicted octanol–water partition coefficient (Wildman–Crippen LogP) is 3.49. The highest BCUT2D eigenvalue weighted by Crippen LogP contribution is 2.29.